The number of rotatable bonds is 50. The van der Waals surface area contributed by atoms with E-state index in [1.165, 1.54) is 77.0 Å². The average molecular weight is 955 g/mol. The summed E-state index contributed by atoms with van der Waals surface area (Å²) in [6, 6.07) is 0. The van der Waals surface area contributed by atoms with E-state index in [4.69, 9.17) is 23.3 Å². The predicted molar refractivity (Wildman–Crippen MR) is 270 cm³/mol. The van der Waals surface area contributed by atoms with Crippen LogP contribution in [0.25, 0.3) is 0 Å². The summed E-state index contributed by atoms with van der Waals surface area (Å²) in [6.45, 7) is 4.56. The van der Waals surface area contributed by atoms with Crippen LogP contribution >= 0.6 is 7.82 Å². The van der Waals surface area contributed by atoms with E-state index in [9.17, 15) is 28.9 Å². The lowest BCUT2D eigenvalue weighted by molar-refractivity contribution is -0.161. The molecule has 0 rings (SSSR count). The van der Waals surface area contributed by atoms with Crippen molar-refractivity contribution in [3.05, 3.63) is 36.5 Å². The SMILES string of the molecule is CCCC/C=C\CCCCCCCC(=O)OC(CO)COP(=O)(O)OCC(COC(=O)CCCCCCC/C=C\CCCCCC)OC(=O)CCCCCCC/C=C\CCCCCCCC. The number of allylic oxidation sites excluding steroid dienone is 6. The summed E-state index contributed by atoms with van der Waals surface area (Å²) in [7, 11) is -4.74. The van der Waals surface area contributed by atoms with E-state index < -0.39 is 57.8 Å². The molecule has 0 aliphatic heterocycles. The summed E-state index contributed by atoms with van der Waals surface area (Å²) >= 11 is 0. The lowest BCUT2D eigenvalue weighted by Crippen LogP contribution is -2.30. The molecule has 11 nitrogen and oxygen atoms in total. The molecular formula is C54H99O11P. The van der Waals surface area contributed by atoms with Crippen molar-refractivity contribution in [2.45, 2.75) is 264 Å². The Morgan fingerprint density at radius 1 is 0.409 bits per heavy atom. The summed E-state index contributed by atoms with van der Waals surface area (Å²) < 4.78 is 39.3. The molecule has 0 aromatic carbocycles. The smallest absolute Gasteiger partial charge is 0.462 e. The van der Waals surface area contributed by atoms with Crippen molar-refractivity contribution in [1.82, 2.24) is 0 Å². The van der Waals surface area contributed by atoms with E-state index in [2.05, 4.69) is 57.2 Å². The first kappa shape index (κ1) is 63.7. The second-order valence-electron chi connectivity index (χ2n) is 18.0. The Hall–Kier alpha value is -2.30. The molecule has 0 saturated heterocycles. The normalized spacial score (nSPS) is 13.7. The molecule has 3 atom stereocenters. The summed E-state index contributed by atoms with van der Waals surface area (Å²) in [5.74, 6) is -1.48. The van der Waals surface area contributed by atoms with Gasteiger partial charge in [-0.05, 0) is 89.9 Å². The third-order valence-electron chi connectivity index (χ3n) is 11.5. The van der Waals surface area contributed by atoms with Crippen LogP contribution in [0.3, 0.4) is 0 Å². The second-order valence-corrected chi connectivity index (χ2v) is 19.5. The minimum Gasteiger partial charge on any atom is -0.462 e. The van der Waals surface area contributed by atoms with Gasteiger partial charge in [0.2, 0.25) is 0 Å². The molecule has 0 aliphatic rings. The minimum absolute atomic E-state index is 0.158. The summed E-state index contributed by atoms with van der Waals surface area (Å²) in [5, 5.41) is 9.76. The highest BCUT2D eigenvalue weighted by molar-refractivity contribution is 7.47. The van der Waals surface area contributed by atoms with Gasteiger partial charge in [0.1, 0.15) is 12.7 Å². The second kappa shape index (κ2) is 49.1. The Bertz CT molecular complexity index is 1250. The Balaban J connectivity index is 4.76. The van der Waals surface area contributed by atoms with Gasteiger partial charge in [-0.15, -0.1) is 0 Å². The molecule has 0 aromatic rings. The minimum atomic E-state index is -4.74. The van der Waals surface area contributed by atoms with Crippen molar-refractivity contribution in [2.75, 3.05) is 26.4 Å². The van der Waals surface area contributed by atoms with Crippen LogP contribution < -0.4 is 0 Å². The number of aliphatic hydroxyl groups excluding tert-OH is 1. The standard InChI is InChI=1S/C54H99O11P/c1-4-7-10-13-16-19-22-24-25-27-30-33-36-39-42-45-54(58)65-51(47-61-52(56)43-40-37-34-31-29-26-23-20-17-14-11-8-5-2)49-63-66(59,60)62-48-50(46-55)64-53(57)44-41-38-35-32-28-21-18-15-12-9-6-3/h15,18,20,23-25,50-51,55H,4-14,16-17,19,21-22,26-49H2,1-3H3,(H,59,60)/b18-15-,23-20-,25-24-. The molecule has 66 heavy (non-hydrogen) atoms. The van der Waals surface area contributed by atoms with Crippen molar-refractivity contribution in [2.24, 2.45) is 0 Å². The molecule has 0 fully saturated rings. The van der Waals surface area contributed by atoms with Crippen LogP contribution in [0.2, 0.25) is 0 Å². The molecule has 2 N–H and O–H groups in total. The maximum Gasteiger partial charge on any atom is 0.472 e. The van der Waals surface area contributed by atoms with Gasteiger partial charge in [0.15, 0.2) is 6.10 Å². The Kier molecular flexibility index (Phi) is 47.4. The van der Waals surface area contributed by atoms with Gasteiger partial charge in [0, 0.05) is 19.3 Å². The zero-order valence-corrected chi connectivity index (χ0v) is 43.3. The lowest BCUT2D eigenvalue weighted by atomic mass is 10.1. The van der Waals surface area contributed by atoms with Gasteiger partial charge >= 0.3 is 25.7 Å². The Labute approximate surface area is 403 Å². The van der Waals surface area contributed by atoms with Crippen LogP contribution in [0.1, 0.15) is 252 Å². The zero-order chi connectivity index (χ0) is 48.4. The van der Waals surface area contributed by atoms with Gasteiger partial charge in [0.25, 0.3) is 0 Å². The molecule has 0 aromatic heterocycles. The van der Waals surface area contributed by atoms with Crippen LogP contribution in [-0.4, -0.2) is 66.5 Å². The predicted octanol–water partition coefficient (Wildman–Crippen LogP) is 15.3. The maximum atomic E-state index is 12.8. The quantitative estimate of drug-likeness (QED) is 0.0197. The van der Waals surface area contributed by atoms with Gasteiger partial charge in [-0.25, -0.2) is 4.57 Å². The van der Waals surface area contributed by atoms with Crippen molar-refractivity contribution < 1.29 is 52.2 Å². The van der Waals surface area contributed by atoms with E-state index in [0.29, 0.717) is 19.3 Å². The molecule has 12 heteroatoms. The molecule has 0 saturated carbocycles. The Morgan fingerprint density at radius 2 is 0.712 bits per heavy atom. The number of aliphatic hydroxyl groups is 1. The Morgan fingerprint density at radius 3 is 1.11 bits per heavy atom. The van der Waals surface area contributed by atoms with Crippen LogP contribution in [0.4, 0.5) is 0 Å². The first-order chi connectivity index (χ1) is 32.2. The van der Waals surface area contributed by atoms with E-state index in [0.717, 1.165) is 116 Å². The van der Waals surface area contributed by atoms with Gasteiger partial charge < -0.3 is 24.2 Å². The third kappa shape index (κ3) is 46.8. The summed E-state index contributed by atoms with van der Waals surface area (Å²) in [6.07, 6.45) is 48.2. The lowest BCUT2D eigenvalue weighted by Gasteiger charge is -2.21. The van der Waals surface area contributed by atoms with Crippen molar-refractivity contribution in [3.8, 4) is 0 Å². The largest absolute Gasteiger partial charge is 0.472 e. The summed E-state index contributed by atoms with van der Waals surface area (Å²) in [5.41, 5.74) is 0. The third-order valence-corrected chi connectivity index (χ3v) is 12.5. The number of unbranched alkanes of at least 4 members (excludes halogenated alkanes) is 27. The van der Waals surface area contributed by atoms with Crippen LogP contribution in [0.5, 0.6) is 0 Å². The fourth-order valence-corrected chi connectivity index (χ4v) is 8.11. The number of esters is 3. The highest BCUT2D eigenvalue weighted by atomic mass is 31.2. The average Bonchev–Trinajstić information content (AvgIpc) is 3.30. The number of carbonyl (C=O) groups excluding carboxylic acids is 3. The molecule has 0 bridgehead atoms. The first-order valence-electron chi connectivity index (χ1n) is 26.9. The number of hydrogen-bond donors (Lipinski definition) is 2. The van der Waals surface area contributed by atoms with Gasteiger partial charge in [-0.2, -0.15) is 0 Å². The molecule has 0 radical (unpaired) electrons. The molecule has 3 unspecified atom stereocenters. The van der Waals surface area contributed by atoms with Crippen molar-refractivity contribution in [1.29, 1.82) is 0 Å². The van der Waals surface area contributed by atoms with Crippen molar-refractivity contribution >= 4 is 25.7 Å². The van der Waals surface area contributed by atoms with Crippen molar-refractivity contribution in [3.63, 3.8) is 0 Å². The molecule has 386 valence electrons. The molecule has 0 heterocycles. The van der Waals surface area contributed by atoms with Crippen LogP contribution in [-0.2, 0) is 42.2 Å². The van der Waals surface area contributed by atoms with Crippen LogP contribution in [0, 0.1) is 0 Å². The number of phosphoric ester groups is 1. The van der Waals surface area contributed by atoms with Gasteiger partial charge in [-0.3, -0.25) is 23.4 Å². The number of hydrogen-bond acceptors (Lipinski definition) is 10. The fourth-order valence-electron chi connectivity index (χ4n) is 7.33. The molecule has 0 spiro atoms. The number of phosphoric acid groups is 1. The molecule has 0 aliphatic carbocycles. The monoisotopic (exact) mass is 955 g/mol. The molecule has 0 amide bonds. The van der Waals surface area contributed by atoms with Gasteiger partial charge in [-0.1, -0.05) is 179 Å². The van der Waals surface area contributed by atoms with E-state index in [-0.39, 0.29) is 25.9 Å². The van der Waals surface area contributed by atoms with Crippen LogP contribution in [0.15, 0.2) is 36.5 Å². The topological polar surface area (TPSA) is 155 Å². The fraction of sp³-hybridized carbons (Fsp3) is 0.833. The zero-order valence-electron chi connectivity index (χ0n) is 42.4. The summed E-state index contributed by atoms with van der Waals surface area (Å²) in [4.78, 5) is 48.3. The van der Waals surface area contributed by atoms with E-state index in [1.807, 2.05) is 0 Å². The van der Waals surface area contributed by atoms with E-state index in [1.54, 1.807) is 0 Å². The molecular weight excluding hydrogens is 856 g/mol. The maximum absolute atomic E-state index is 12.8. The first-order valence-corrected chi connectivity index (χ1v) is 28.4. The number of carbonyl (C=O) groups is 3. The number of ether oxygens (including phenoxy) is 3. The van der Waals surface area contributed by atoms with E-state index >= 15 is 0 Å². The highest BCUT2D eigenvalue weighted by Crippen LogP contribution is 2.43. The highest BCUT2D eigenvalue weighted by Gasteiger charge is 2.28. The van der Waals surface area contributed by atoms with Gasteiger partial charge in [0.05, 0.1) is 19.8 Å².